The van der Waals surface area contributed by atoms with Gasteiger partial charge in [-0.2, -0.15) is 0 Å². The van der Waals surface area contributed by atoms with Gasteiger partial charge in [0.25, 0.3) is 0 Å². The van der Waals surface area contributed by atoms with Crippen molar-refractivity contribution in [3.63, 3.8) is 0 Å². The van der Waals surface area contributed by atoms with Crippen molar-refractivity contribution in [1.82, 2.24) is 26.6 Å². The molecule has 1 saturated carbocycles. The molecule has 0 spiro atoms. The Hall–Kier alpha value is -4.26. The van der Waals surface area contributed by atoms with Gasteiger partial charge in [0.15, 0.2) is 24.7 Å². The average Bonchev–Trinajstić information content (AvgIpc) is 1.84. The van der Waals surface area contributed by atoms with E-state index < -0.39 is 129 Å². The van der Waals surface area contributed by atoms with Crippen LogP contribution < -0.4 is 32.3 Å². The largest absolute Gasteiger partial charge is 0.434 e. The fraction of sp³-hybridized carbons (Fsp3) is 0.921. The Morgan fingerprint density at radius 2 is 0.678 bits per heavy atom. The van der Waals surface area contributed by atoms with Crippen molar-refractivity contribution in [1.29, 1.82) is 0 Å². The molecule has 39 heteroatoms. The smallest absolute Gasteiger partial charge is 0.408 e. The standard InChI is InChI=1S/C76H140N6O33/c1-54-65(91)68(94)58(47-83)113-71(54)107-43-40-101-37-34-98-29-21-78-62(88)16-26-104-50-75(51-105-27-17-63(89)79-22-30-99-35-38-102-41-44-108-72-55(2)66(92)69(95)59(48-84)114-72,52-106-28-18-64(90)80-23-31-100-36-39-103-42-45-109-73-56(3)67(93)70(96)60(49-85)115-73)46-57(86)14-10-8-6-4-5-7-9-11-15-61(87)81-24-32-111-76(19-12-13-20-76)112-33-25-82-74(97)110-53-77/h54-56,58-60,65-73,83-85,91-96H,4-53,77H2,1-3H3,(H,78,88)(H,79,89)(H,80,90)(H,81,87)(H,82,97). The van der Waals surface area contributed by atoms with E-state index in [4.69, 9.17) is 86.3 Å². The van der Waals surface area contributed by atoms with E-state index in [2.05, 4.69) is 31.3 Å². The van der Waals surface area contributed by atoms with Gasteiger partial charge >= 0.3 is 6.09 Å². The van der Waals surface area contributed by atoms with Gasteiger partial charge in [-0.3, -0.25) is 29.7 Å². The van der Waals surface area contributed by atoms with Crippen LogP contribution in [0.1, 0.15) is 136 Å². The Balaban J connectivity index is 1.24. The maximum absolute atomic E-state index is 14.1. The number of carbonyl (C=O) groups is 6. The van der Waals surface area contributed by atoms with Gasteiger partial charge in [0.05, 0.1) is 190 Å². The number of aliphatic hydroxyl groups is 9. The minimum Gasteiger partial charge on any atom is -0.434 e. The molecule has 4 aliphatic rings. The normalized spacial score (nSPS) is 25.3. The van der Waals surface area contributed by atoms with Gasteiger partial charge in [-0.15, -0.1) is 0 Å². The van der Waals surface area contributed by atoms with Crippen molar-refractivity contribution in [2.24, 2.45) is 28.9 Å². The number of carbonyl (C=O) groups excluding carboxylic acids is 6. The van der Waals surface area contributed by atoms with E-state index in [1.54, 1.807) is 20.8 Å². The number of aliphatic hydroxyl groups excluding tert-OH is 9. The lowest BCUT2D eigenvalue weighted by Crippen LogP contribution is -2.55. The average molecular weight is 1670 g/mol. The summed E-state index contributed by atoms with van der Waals surface area (Å²) in [6.45, 7) is 7.42. The Bertz CT molecular complexity index is 2360. The third kappa shape index (κ3) is 43.7. The SMILES string of the molecule is CC1C(OCCOCCOCCNC(=O)CCOCC(COCCC(=O)NCCOCCOCCOC2OC(CO)C(O)C(O)C2C)(COCCC(=O)NCCOCCOCCOC2OC(CO)C(O)C(O)C2C)CC(=O)CCCCCCCCCCC(=O)NCCOC2(OCCNC(=O)OCN)CCCC2)OC(CO)C(O)C1O. The minimum atomic E-state index is -1.23. The number of Topliss-reactive ketones (excluding diaryl/α,β-unsaturated/α-hetero) is 1. The molecule has 0 aromatic rings. The van der Waals surface area contributed by atoms with Gasteiger partial charge in [0.1, 0.15) is 49.1 Å². The zero-order valence-corrected chi connectivity index (χ0v) is 67.9. The van der Waals surface area contributed by atoms with E-state index in [0.717, 1.165) is 70.6 Å². The van der Waals surface area contributed by atoms with Gasteiger partial charge in [-0.05, 0) is 25.7 Å². The van der Waals surface area contributed by atoms with E-state index in [1.165, 1.54) is 0 Å². The Labute approximate surface area is 675 Å². The molecular weight excluding hydrogens is 1520 g/mol. The van der Waals surface area contributed by atoms with Gasteiger partial charge in [-0.25, -0.2) is 4.79 Å². The van der Waals surface area contributed by atoms with E-state index in [-0.39, 0.29) is 240 Å². The van der Waals surface area contributed by atoms with E-state index in [1.807, 2.05) is 0 Å². The quantitative estimate of drug-likeness (QED) is 0.0228. The lowest BCUT2D eigenvalue weighted by Gasteiger charge is -2.40. The first kappa shape index (κ1) is 103. The maximum Gasteiger partial charge on any atom is 0.408 e. The van der Waals surface area contributed by atoms with Crippen LogP contribution in [0.15, 0.2) is 0 Å². The first-order valence-electron chi connectivity index (χ1n) is 41.0. The summed E-state index contributed by atoms with van der Waals surface area (Å²) in [5.41, 5.74) is 4.11. The highest BCUT2D eigenvalue weighted by atomic mass is 16.7. The van der Waals surface area contributed by atoms with Crippen LogP contribution in [0.4, 0.5) is 4.79 Å². The third-order valence-corrected chi connectivity index (χ3v) is 19.8. The van der Waals surface area contributed by atoms with Crippen molar-refractivity contribution in [3.05, 3.63) is 0 Å². The lowest BCUT2D eigenvalue weighted by atomic mass is 9.84. The van der Waals surface area contributed by atoms with Gasteiger partial charge in [0.2, 0.25) is 23.6 Å². The van der Waals surface area contributed by atoms with Crippen LogP contribution in [-0.2, 0) is 109 Å². The molecule has 39 nitrogen and oxygen atoms in total. The molecule has 1 aliphatic carbocycles. The zero-order valence-electron chi connectivity index (χ0n) is 67.9. The van der Waals surface area contributed by atoms with Crippen molar-refractivity contribution >= 4 is 35.5 Å². The molecule has 4 fully saturated rings. The number of ketones is 1. The summed E-state index contributed by atoms with van der Waals surface area (Å²) in [6.07, 6.45) is -2.52. The fourth-order valence-electron chi connectivity index (χ4n) is 13.0. The van der Waals surface area contributed by atoms with Crippen LogP contribution in [0.25, 0.3) is 0 Å². The second kappa shape index (κ2) is 62.8. The summed E-state index contributed by atoms with van der Waals surface area (Å²) in [5.74, 6) is -3.46. The van der Waals surface area contributed by atoms with E-state index in [9.17, 15) is 74.7 Å². The second-order valence-electron chi connectivity index (χ2n) is 29.2. The van der Waals surface area contributed by atoms with Gasteiger partial charge in [0, 0.05) is 107 Å². The molecule has 16 N–H and O–H groups in total. The molecule has 15 unspecified atom stereocenters. The van der Waals surface area contributed by atoms with Gasteiger partial charge in [-0.1, -0.05) is 59.3 Å². The lowest BCUT2D eigenvalue weighted by molar-refractivity contribution is -0.284. The van der Waals surface area contributed by atoms with Crippen LogP contribution in [0.3, 0.4) is 0 Å². The molecule has 0 aromatic heterocycles. The van der Waals surface area contributed by atoms with Crippen LogP contribution in [0.5, 0.6) is 0 Å². The number of rotatable bonds is 70. The molecule has 5 amide bonds. The highest BCUT2D eigenvalue weighted by Gasteiger charge is 2.45. The molecule has 115 heavy (non-hydrogen) atoms. The van der Waals surface area contributed by atoms with Crippen molar-refractivity contribution in [2.75, 3.05) is 211 Å². The molecule has 0 bridgehead atoms. The van der Waals surface area contributed by atoms with E-state index in [0.29, 0.717) is 26.0 Å². The number of ether oxygens (including phenoxy) is 18. The second-order valence-corrected chi connectivity index (χ2v) is 29.2. The highest BCUT2D eigenvalue weighted by molar-refractivity contribution is 5.79. The molecule has 3 aliphatic heterocycles. The monoisotopic (exact) mass is 1660 g/mol. The molecule has 3 saturated heterocycles. The van der Waals surface area contributed by atoms with Crippen LogP contribution in [0, 0.1) is 23.2 Å². The number of unbranched alkanes of at least 4 members (excludes halogenated alkanes) is 7. The first-order valence-corrected chi connectivity index (χ1v) is 41.0. The fourth-order valence-corrected chi connectivity index (χ4v) is 13.0. The number of hydrogen-bond acceptors (Lipinski definition) is 34. The van der Waals surface area contributed by atoms with E-state index >= 15 is 0 Å². The highest BCUT2D eigenvalue weighted by Crippen LogP contribution is 2.35. The van der Waals surface area contributed by atoms with Crippen molar-refractivity contribution < 1.29 is 160 Å². The van der Waals surface area contributed by atoms with Crippen LogP contribution in [-0.4, -0.2) is 372 Å². The molecule has 0 aromatic carbocycles. The first-order chi connectivity index (χ1) is 55.6. The van der Waals surface area contributed by atoms with Crippen LogP contribution >= 0.6 is 0 Å². The predicted octanol–water partition coefficient (Wildman–Crippen LogP) is -2.16. The molecule has 672 valence electrons. The Kier molecular flexibility index (Phi) is 56.3. The van der Waals surface area contributed by atoms with Crippen molar-refractivity contribution in [3.8, 4) is 0 Å². The Morgan fingerprint density at radius 1 is 0.374 bits per heavy atom. The van der Waals surface area contributed by atoms with Crippen molar-refractivity contribution in [2.45, 2.75) is 216 Å². The van der Waals surface area contributed by atoms with Crippen LogP contribution in [0.2, 0.25) is 0 Å². The summed E-state index contributed by atoms with van der Waals surface area (Å²) in [4.78, 5) is 77.4. The molecular formula is C76H140N6O33. The molecule has 4 rings (SSSR count). The predicted molar refractivity (Wildman–Crippen MR) is 407 cm³/mol. The number of alkyl carbamates (subject to hydrolysis) is 1. The molecule has 15 atom stereocenters. The zero-order chi connectivity index (χ0) is 83.7. The summed E-state index contributed by atoms with van der Waals surface area (Å²) in [5, 5.41) is 103. The third-order valence-electron chi connectivity index (χ3n) is 19.8. The maximum atomic E-state index is 14.1. The van der Waals surface area contributed by atoms with Gasteiger partial charge < -0.3 is 158 Å². The number of nitrogens with two attached hydrogens (primary N) is 1. The molecule has 3 heterocycles. The number of hydrogen-bond donors (Lipinski definition) is 15. The minimum absolute atomic E-state index is 0.0433. The number of amides is 5. The topological polar surface area (TPSA) is 537 Å². The summed E-state index contributed by atoms with van der Waals surface area (Å²) in [6, 6.07) is 0. The summed E-state index contributed by atoms with van der Waals surface area (Å²) < 4.78 is 103. The summed E-state index contributed by atoms with van der Waals surface area (Å²) in [7, 11) is 0. The molecule has 0 radical (unpaired) electrons. The summed E-state index contributed by atoms with van der Waals surface area (Å²) >= 11 is 0. The Morgan fingerprint density at radius 3 is 1.03 bits per heavy atom. The number of nitrogens with one attached hydrogen (secondary N) is 5.